The predicted octanol–water partition coefficient (Wildman–Crippen LogP) is 2.29. The topological polar surface area (TPSA) is 100 Å². The van der Waals surface area contributed by atoms with Crippen molar-refractivity contribution in [2.45, 2.75) is 31.8 Å². The number of methoxy groups -OCH3 is 1. The Morgan fingerprint density at radius 3 is 2.56 bits per heavy atom. The molecule has 188 valence electrons. The van der Waals surface area contributed by atoms with Crippen LogP contribution in [-0.4, -0.2) is 98.8 Å². The Kier molecular flexibility index (Phi) is 8.39. The summed E-state index contributed by atoms with van der Waals surface area (Å²) in [6, 6.07) is 3.30. The van der Waals surface area contributed by atoms with Crippen molar-refractivity contribution in [1.82, 2.24) is 20.0 Å². The highest BCUT2D eigenvalue weighted by atomic mass is 35.5. The minimum absolute atomic E-state index is 0.0789. The number of nitrogens with one attached hydrogen (secondary N) is 1. The minimum Gasteiger partial charge on any atom is -0.496 e. The van der Waals surface area contributed by atoms with Crippen molar-refractivity contribution < 1.29 is 19.1 Å². The van der Waals surface area contributed by atoms with E-state index in [1.807, 2.05) is 9.80 Å². The molecule has 9 nitrogen and oxygen atoms in total. The maximum atomic E-state index is 12.7. The van der Waals surface area contributed by atoms with Crippen molar-refractivity contribution >= 4 is 29.2 Å². The first-order chi connectivity index (χ1) is 16.4. The first-order valence-electron chi connectivity index (χ1n) is 12.2. The number of carbonyl (C=O) groups excluding carboxylic acids is 2. The van der Waals surface area contributed by atoms with Gasteiger partial charge in [0, 0.05) is 58.4 Å². The maximum absolute atomic E-state index is 12.7. The third-order valence-electron chi connectivity index (χ3n) is 7.05. The van der Waals surface area contributed by atoms with Crippen LogP contribution in [0.2, 0.25) is 5.02 Å². The normalized spacial score (nSPS) is 22.1. The SMILES string of the molecule is COc1cc(N)c(Cl)cc1C(=O)NCC1CN(CC2CCN(C(=O)N3CCCC3)CC2)CCO1. The molecule has 10 heteroatoms. The lowest BCUT2D eigenvalue weighted by Crippen LogP contribution is -2.50. The monoisotopic (exact) mass is 493 g/mol. The Morgan fingerprint density at radius 2 is 1.85 bits per heavy atom. The summed E-state index contributed by atoms with van der Waals surface area (Å²) < 4.78 is 11.2. The molecule has 0 aliphatic carbocycles. The van der Waals surface area contributed by atoms with Crippen LogP contribution in [0, 0.1) is 5.92 Å². The summed E-state index contributed by atoms with van der Waals surface area (Å²) in [5, 5.41) is 3.26. The van der Waals surface area contributed by atoms with Crippen molar-refractivity contribution in [3.8, 4) is 5.75 Å². The van der Waals surface area contributed by atoms with Gasteiger partial charge in [0.15, 0.2) is 0 Å². The number of rotatable bonds is 6. The lowest BCUT2D eigenvalue weighted by molar-refractivity contribution is -0.0332. The molecule has 3 amide bonds. The molecule has 0 bridgehead atoms. The van der Waals surface area contributed by atoms with Crippen LogP contribution in [0.25, 0.3) is 0 Å². The van der Waals surface area contributed by atoms with E-state index in [1.54, 1.807) is 6.07 Å². The number of nitrogens with zero attached hydrogens (tertiary/aromatic N) is 3. The molecule has 3 aliphatic rings. The van der Waals surface area contributed by atoms with Gasteiger partial charge in [-0.1, -0.05) is 11.6 Å². The molecule has 1 aromatic carbocycles. The summed E-state index contributed by atoms with van der Waals surface area (Å²) in [4.78, 5) is 31.8. The summed E-state index contributed by atoms with van der Waals surface area (Å²) in [6.07, 6.45) is 4.25. The fraction of sp³-hybridized carbons (Fsp3) is 0.667. The molecule has 3 N–H and O–H groups in total. The van der Waals surface area contributed by atoms with Crippen LogP contribution in [0.4, 0.5) is 10.5 Å². The fourth-order valence-electron chi connectivity index (χ4n) is 5.07. The molecule has 3 fully saturated rings. The summed E-state index contributed by atoms with van der Waals surface area (Å²) in [7, 11) is 1.49. The van der Waals surface area contributed by atoms with Crippen molar-refractivity contribution in [2.75, 3.05) is 71.8 Å². The highest BCUT2D eigenvalue weighted by Gasteiger charge is 2.30. The second kappa shape index (κ2) is 11.5. The number of anilines is 1. The molecular formula is C24H36ClN5O4. The molecule has 0 spiro atoms. The smallest absolute Gasteiger partial charge is 0.319 e. The Hall–Kier alpha value is -2.23. The number of amides is 3. The number of benzene rings is 1. The molecule has 3 saturated heterocycles. The number of halogens is 1. The lowest BCUT2D eigenvalue weighted by Gasteiger charge is -2.39. The molecule has 4 rings (SSSR count). The van der Waals surface area contributed by atoms with Gasteiger partial charge in [-0.15, -0.1) is 0 Å². The number of urea groups is 1. The first-order valence-corrected chi connectivity index (χ1v) is 12.6. The van der Waals surface area contributed by atoms with Crippen molar-refractivity contribution in [1.29, 1.82) is 0 Å². The quantitative estimate of drug-likeness (QED) is 0.590. The molecule has 3 aliphatic heterocycles. The Morgan fingerprint density at radius 1 is 1.15 bits per heavy atom. The number of piperidine rings is 1. The number of nitrogens with two attached hydrogens (primary N) is 1. The molecule has 0 saturated carbocycles. The van der Waals surface area contributed by atoms with E-state index >= 15 is 0 Å². The van der Waals surface area contributed by atoms with E-state index in [2.05, 4.69) is 10.2 Å². The second-order valence-electron chi connectivity index (χ2n) is 9.44. The zero-order chi connectivity index (χ0) is 24.1. The van der Waals surface area contributed by atoms with Crippen LogP contribution in [-0.2, 0) is 4.74 Å². The molecule has 1 atom stereocenters. The van der Waals surface area contributed by atoms with E-state index in [-0.39, 0.29) is 18.0 Å². The summed E-state index contributed by atoms with van der Waals surface area (Å²) in [5.41, 5.74) is 6.53. The van der Waals surface area contributed by atoms with Gasteiger partial charge in [-0.2, -0.15) is 0 Å². The van der Waals surface area contributed by atoms with Crippen molar-refractivity contribution in [2.24, 2.45) is 5.92 Å². The van der Waals surface area contributed by atoms with E-state index in [1.165, 1.54) is 13.2 Å². The van der Waals surface area contributed by atoms with E-state index in [4.69, 9.17) is 26.8 Å². The Balaban J connectivity index is 1.22. The third kappa shape index (κ3) is 6.06. The number of morpholine rings is 1. The zero-order valence-corrected chi connectivity index (χ0v) is 20.7. The average Bonchev–Trinajstić information content (AvgIpc) is 3.39. The molecule has 1 aromatic rings. The molecule has 34 heavy (non-hydrogen) atoms. The van der Waals surface area contributed by atoms with Gasteiger partial charge < -0.3 is 30.3 Å². The van der Waals surface area contributed by atoms with Crippen LogP contribution < -0.4 is 15.8 Å². The van der Waals surface area contributed by atoms with E-state index in [9.17, 15) is 9.59 Å². The number of nitrogen functional groups attached to an aromatic ring is 1. The van der Waals surface area contributed by atoms with Crippen molar-refractivity contribution in [3.05, 3.63) is 22.7 Å². The highest BCUT2D eigenvalue weighted by molar-refractivity contribution is 6.33. The summed E-state index contributed by atoms with van der Waals surface area (Å²) >= 11 is 6.09. The van der Waals surface area contributed by atoms with Crippen LogP contribution in [0.3, 0.4) is 0 Å². The van der Waals surface area contributed by atoms with Gasteiger partial charge >= 0.3 is 6.03 Å². The van der Waals surface area contributed by atoms with Crippen LogP contribution >= 0.6 is 11.6 Å². The molecule has 1 unspecified atom stereocenters. The van der Waals surface area contributed by atoms with Gasteiger partial charge in [-0.3, -0.25) is 9.69 Å². The van der Waals surface area contributed by atoms with Crippen molar-refractivity contribution in [3.63, 3.8) is 0 Å². The highest BCUT2D eigenvalue weighted by Crippen LogP contribution is 2.29. The van der Waals surface area contributed by atoms with E-state index in [0.717, 1.165) is 71.5 Å². The molecular weight excluding hydrogens is 458 g/mol. The Labute approximate surface area is 206 Å². The number of likely N-dealkylation sites (tertiary alicyclic amines) is 2. The van der Waals surface area contributed by atoms with Crippen LogP contribution in [0.5, 0.6) is 5.75 Å². The summed E-state index contributed by atoms with van der Waals surface area (Å²) in [5.74, 6) is 0.701. The zero-order valence-electron chi connectivity index (χ0n) is 19.9. The van der Waals surface area contributed by atoms with E-state index < -0.39 is 0 Å². The maximum Gasteiger partial charge on any atom is 0.319 e. The third-order valence-corrected chi connectivity index (χ3v) is 7.38. The minimum atomic E-state index is -0.269. The number of hydrogen-bond donors (Lipinski definition) is 2. The van der Waals surface area contributed by atoms with Gasteiger partial charge in [0.25, 0.3) is 5.91 Å². The van der Waals surface area contributed by atoms with E-state index in [0.29, 0.717) is 41.1 Å². The van der Waals surface area contributed by atoms with Gasteiger partial charge in [0.05, 0.1) is 36.1 Å². The second-order valence-corrected chi connectivity index (χ2v) is 9.85. The fourth-order valence-corrected chi connectivity index (χ4v) is 5.23. The predicted molar refractivity (Wildman–Crippen MR) is 131 cm³/mol. The van der Waals surface area contributed by atoms with Crippen LogP contribution in [0.15, 0.2) is 12.1 Å². The number of hydrogen-bond acceptors (Lipinski definition) is 6. The molecule has 3 heterocycles. The largest absolute Gasteiger partial charge is 0.496 e. The molecule has 0 aromatic heterocycles. The lowest BCUT2D eigenvalue weighted by atomic mass is 9.96. The van der Waals surface area contributed by atoms with Gasteiger partial charge in [-0.05, 0) is 37.7 Å². The Bertz CT molecular complexity index is 871. The number of ether oxygens (including phenoxy) is 2. The van der Waals surface area contributed by atoms with Gasteiger partial charge in [0.2, 0.25) is 0 Å². The van der Waals surface area contributed by atoms with Gasteiger partial charge in [0.1, 0.15) is 5.75 Å². The van der Waals surface area contributed by atoms with Crippen LogP contribution in [0.1, 0.15) is 36.0 Å². The average molecular weight is 494 g/mol. The first kappa shape index (κ1) is 24.9. The summed E-state index contributed by atoms with van der Waals surface area (Å²) in [6.45, 7) is 7.20. The molecule has 0 radical (unpaired) electrons. The number of carbonyl (C=O) groups is 2. The van der Waals surface area contributed by atoms with Gasteiger partial charge in [-0.25, -0.2) is 4.79 Å². The standard InChI is InChI=1S/C24H36ClN5O4/c1-33-22-13-21(26)20(25)12-19(22)23(31)27-14-18-16-28(10-11-34-18)15-17-4-8-30(9-5-17)24(32)29-6-2-3-7-29/h12-13,17-18H,2-11,14-16,26H2,1H3,(H,27,31).